The molecule has 23 heavy (non-hydrogen) atoms. The van der Waals surface area contributed by atoms with Gasteiger partial charge in [-0.2, -0.15) is 5.26 Å². The fraction of sp³-hybridized carbons (Fsp3) is 0.389. The van der Waals surface area contributed by atoms with Crippen molar-refractivity contribution in [1.82, 2.24) is 5.32 Å². The number of ether oxygens (including phenoxy) is 1. The van der Waals surface area contributed by atoms with E-state index in [2.05, 4.69) is 11.4 Å². The summed E-state index contributed by atoms with van der Waals surface area (Å²) in [7, 11) is 1.34. The largest absolute Gasteiger partial charge is 0.467 e. The van der Waals surface area contributed by atoms with Gasteiger partial charge in [0.05, 0.1) is 18.7 Å². The molecule has 1 saturated carbocycles. The van der Waals surface area contributed by atoms with Crippen molar-refractivity contribution in [2.45, 2.75) is 37.6 Å². The van der Waals surface area contributed by atoms with Gasteiger partial charge in [-0.3, -0.25) is 4.79 Å². The number of benzene rings is 1. The molecule has 1 fully saturated rings. The summed E-state index contributed by atoms with van der Waals surface area (Å²) in [6.45, 7) is 0. The maximum absolute atomic E-state index is 12.2. The zero-order valence-electron chi connectivity index (χ0n) is 13.2. The number of hydrogen-bond acceptors (Lipinski definition) is 4. The molecule has 1 aliphatic rings. The predicted molar refractivity (Wildman–Crippen MR) is 86.2 cm³/mol. The first-order chi connectivity index (χ1) is 11.1. The number of methoxy groups -OCH3 is 1. The molecule has 1 aliphatic carbocycles. The van der Waals surface area contributed by atoms with E-state index in [4.69, 9.17) is 10.00 Å². The fourth-order valence-corrected chi connectivity index (χ4v) is 2.92. The Hall–Kier alpha value is -2.61. The van der Waals surface area contributed by atoms with Crippen LogP contribution in [0.25, 0.3) is 6.08 Å². The summed E-state index contributed by atoms with van der Waals surface area (Å²) in [5, 5.41) is 11.9. The number of nitrogens with zero attached hydrogens (tertiary/aromatic N) is 1. The molecule has 0 aromatic heterocycles. The third kappa shape index (κ3) is 3.98. The minimum absolute atomic E-state index is 0.356. The molecule has 1 N–H and O–H groups in total. The van der Waals surface area contributed by atoms with Crippen molar-refractivity contribution in [2.75, 3.05) is 7.11 Å². The van der Waals surface area contributed by atoms with E-state index in [0.29, 0.717) is 24.0 Å². The van der Waals surface area contributed by atoms with Crippen LogP contribution < -0.4 is 5.32 Å². The Balaban J connectivity index is 2.12. The van der Waals surface area contributed by atoms with E-state index in [1.54, 1.807) is 30.3 Å². The smallest absolute Gasteiger partial charge is 0.331 e. The lowest BCUT2D eigenvalue weighted by molar-refractivity contribution is -0.152. The molecule has 0 unspecified atom stereocenters. The van der Waals surface area contributed by atoms with Gasteiger partial charge in [-0.15, -0.1) is 0 Å². The first-order valence-corrected chi connectivity index (χ1v) is 7.69. The number of carbonyl (C=O) groups is 2. The van der Waals surface area contributed by atoms with Crippen LogP contribution in [0.4, 0.5) is 0 Å². The number of rotatable bonds is 4. The summed E-state index contributed by atoms with van der Waals surface area (Å²) < 4.78 is 4.87. The Kier molecular flexibility index (Phi) is 5.53. The number of esters is 1. The van der Waals surface area contributed by atoms with E-state index in [1.807, 2.05) is 0 Å². The first-order valence-electron chi connectivity index (χ1n) is 7.69. The van der Waals surface area contributed by atoms with Crippen LogP contribution in [0.3, 0.4) is 0 Å². The quantitative estimate of drug-likeness (QED) is 0.684. The second-order valence-corrected chi connectivity index (χ2v) is 5.66. The Morgan fingerprint density at radius 1 is 1.26 bits per heavy atom. The Bertz CT molecular complexity index is 652. The maximum atomic E-state index is 12.2. The molecule has 120 valence electrons. The van der Waals surface area contributed by atoms with Gasteiger partial charge >= 0.3 is 5.97 Å². The molecule has 0 spiro atoms. The Labute approximate surface area is 135 Å². The summed E-state index contributed by atoms with van der Waals surface area (Å²) in [5.74, 6) is -0.749. The third-order valence-electron chi connectivity index (χ3n) is 4.14. The zero-order chi connectivity index (χ0) is 16.7. The Morgan fingerprint density at radius 3 is 2.61 bits per heavy atom. The molecule has 1 amide bonds. The topological polar surface area (TPSA) is 79.2 Å². The third-order valence-corrected chi connectivity index (χ3v) is 4.14. The maximum Gasteiger partial charge on any atom is 0.331 e. The average molecular weight is 312 g/mol. The van der Waals surface area contributed by atoms with Gasteiger partial charge in [-0.1, -0.05) is 37.5 Å². The molecule has 0 saturated heterocycles. The lowest BCUT2D eigenvalue weighted by Gasteiger charge is -2.34. The molecule has 0 atom stereocenters. The molecule has 5 heteroatoms. The highest BCUT2D eigenvalue weighted by atomic mass is 16.5. The Morgan fingerprint density at radius 2 is 1.96 bits per heavy atom. The molecule has 5 nitrogen and oxygen atoms in total. The summed E-state index contributed by atoms with van der Waals surface area (Å²) in [6.07, 6.45) is 6.95. The van der Waals surface area contributed by atoms with Gasteiger partial charge in [-0.25, -0.2) is 4.79 Å². The average Bonchev–Trinajstić information content (AvgIpc) is 2.60. The number of hydrogen-bond donors (Lipinski definition) is 1. The summed E-state index contributed by atoms with van der Waals surface area (Å²) >= 11 is 0. The summed E-state index contributed by atoms with van der Waals surface area (Å²) in [5.41, 5.74) is 0.237. The van der Waals surface area contributed by atoms with E-state index in [1.165, 1.54) is 13.2 Å². The standard InChI is InChI=1S/C18H20N2O3/c1-23-17(22)18(11-5-2-6-12-18)20-16(21)10-9-14-7-3-4-8-15(14)13-19/h3-4,7-10H,2,5-6,11-12H2,1H3,(H,20,21). The van der Waals surface area contributed by atoms with E-state index in [9.17, 15) is 9.59 Å². The number of carbonyl (C=O) groups excluding carboxylic acids is 2. The van der Waals surface area contributed by atoms with Gasteiger partial charge in [0, 0.05) is 6.08 Å². The van der Waals surface area contributed by atoms with Crippen LogP contribution in [0.2, 0.25) is 0 Å². The van der Waals surface area contributed by atoms with Crippen LogP contribution in [-0.2, 0) is 14.3 Å². The van der Waals surface area contributed by atoms with Crippen LogP contribution in [0.15, 0.2) is 30.3 Å². The van der Waals surface area contributed by atoms with Crippen molar-refractivity contribution in [1.29, 1.82) is 5.26 Å². The van der Waals surface area contributed by atoms with E-state index >= 15 is 0 Å². The lowest BCUT2D eigenvalue weighted by atomic mass is 9.81. The number of nitrogens with one attached hydrogen (secondary N) is 1. The second-order valence-electron chi connectivity index (χ2n) is 5.66. The monoisotopic (exact) mass is 312 g/mol. The fourth-order valence-electron chi connectivity index (χ4n) is 2.92. The van der Waals surface area contributed by atoms with Crippen molar-refractivity contribution in [3.05, 3.63) is 41.5 Å². The SMILES string of the molecule is COC(=O)C1(NC(=O)C=Cc2ccccc2C#N)CCCCC1. The molecular weight excluding hydrogens is 292 g/mol. The van der Waals surface area contributed by atoms with Crippen molar-refractivity contribution in [3.8, 4) is 6.07 Å². The minimum Gasteiger partial charge on any atom is -0.467 e. The van der Waals surface area contributed by atoms with Crippen LogP contribution in [0.5, 0.6) is 0 Å². The highest BCUT2D eigenvalue weighted by Gasteiger charge is 2.41. The second kappa shape index (κ2) is 7.59. The van der Waals surface area contributed by atoms with Crippen LogP contribution >= 0.6 is 0 Å². The van der Waals surface area contributed by atoms with Gasteiger partial charge < -0.3 is 10.1 Å². The molecule has 1 aromatic carbocycles. The van der Waals surface area contributed by atoms with Crippen molar-refractivity contribution < 1.29 is 14.3 Å². The molecule has 2 rings (SSSR count). The van der Waals surface area contributed by atoms with Gasteiger partial charge in [0.1, 0.15) is 5.54 Å². The molecular formula is C18H20N2O3. The first kappa shape index (κ1) is 16.8. The number of nitriles is 1. The highest BCUT2D eigenvalue weighted by Crippen LogP contribution is 2.29. The molecule has 0 heterocycles. The zero-order valence-corrected chi connectivity index (χ0v) is 13.2. The van der Waals surface area contributed by atoms with Crippen molar-refractivity contribution in [3.63, 3.8) is 0 Å². The molecule has 1 aromatic rings. The molecule has 0 radical (unpaired) electrons. The van der Waals surface area contributed by atoms with Gasteiger partial charge in [-0.05, 0) is 30.5 Å². The van der Waals surface area contributed by atoms with Crippen LogP contribution in [0, 0.1) is 11.3 Å². The summed E-state index contributed by atoms with van der Waals surface area (Å²) in [6, 6.07) is 9.10. The predicted octanol–water partition coefficient (Wildman–Crippen LogP) is 2.56. The lowest BCUT2D eigenvalue weighted by Crippen LogP contribution is -2.55. The van der Waals surface area contributed by atoms with Crippen molar-refractivity contribution >= 4 is 18.0 Å². The van der Waals surface area contributed by atoms with E-state index < -0.39 is 11.5 Å². The van der Waals surface area contributed by atoms with Gasteiger partial charge in [0.15, 0.2) is 0 Å². The van der Waals surface area contributed by atoms with E-state index in [0.717, 1.165) is 19.3 Å². The van der Waals surface area contributed by atoms with Crippen molar-refractivity contribution in [2.24, 2.45) is 0 Å². The minimum atomic E-state index is -0.927. The number of amides is 1. The van der Waals surface area contributed by atoms with Crippen LogP contribution in [0.1, 0.15) is 43.2 Å². The molecule has 0 aliphatic heterocycles. The normalized spacial score (nSPS) is 16.5. The van der Waals surface area contributed by atoms with Gasteiger partial charge in [0.25, 0.3) is 0 Å². The summed E-state index contributed by atoms with van der Waals surface area (Å²) in [4.78, 5) is 24.3. The van der Waals surface area contributed by atoms with Gasteiger partial charge in [0.2, 0.25) is 5.91 Å². The van der Waals surface area contributed by atoms with Crippen LogP contribution in [-0.4, -0.2) is 24.5 Å². The molecule has 0 bridgehead atoms. The highest BCUT2D eigenvalue weighted by molar-refractivity contribution is 5.96. The van der Waals surface area contributed by atoms with E-state index in [-0.39, 0.29) is 5.91 Å².